The Bertz CT molecular complexity index is 362. The van der Waals surface area contributed by atoms with E-state index in [-0.39, 0.29) is 0 Å². The fraction of sp³-hybridized carbons (Fsp3) is 0.600. The maximum Gasteiger partial charge on any atom is 0.0399 e. The molecule has 17 heavy (non-hydrogen) atoms. The van der Waals surface area contributed by atoms with Gasteiger partial charge in [-0.3, -0.25) is 0 Å². The van der Waals surface area contributed by atoms with Crippen molar-refractivity contribution in [3.05, 3.63) is 29.8 Å². The lowest BCUT2D eigenvalue weighted by Crippen LogP contribution is -2.38. The summed E-state index contributed by atoms with van der Waals surface area (Å²) in [6.45, 7) is 9.08. The SMILES string of the molecule is CCc1ccccc1N1CCC(C)NC(C)C1. The number of anilines is 1. The van der Waals surface area contributed by atoms with E-state index < -0.39 is 0 Å². The van der Waals surface area contributed by atoms with Crippen molar-refractivity contribution in [2.75, 3.05) is 18.0 Å². The van der Waals surface area contributed by atoms with Crippen LogP contribution < -0.4 is 10.2 Å². The van der Waals surface area contributed by atoms with Crippen LogP contribution in [0.1, 0.15) is 32.8 Å². The van der Waals surface area contributed by atoms with Crippen LogP contribution in [-0.2, 0) is 6.42 Å². The minimum absolute atomic E-state index is 0.567. The molecule has 2 heteroatoms. The highest BCUT2D eigenvalue weighted by atomic mass is 15.2. The average molecular weight is 232 g/mol. The first-order valence-corrected chi connectivity index (χ1v) is 6.79. The molecule has 1 heterocycles. The lowest BCUT2D eigenvalue weighted by atomic mass is 10.1. The second-order valence-electron chi connectivity index (χ2n) is 5.19. The molecule has 1 aromatic rings. The monoisotopic (exact) mass is 232 g/mol. The fourth-order valence-corrected chi connectivity index (χ4v) is 2.73. The maximum absolute atomic E-state index is 3.64. The van der Waals surface area contributed by atoms with E-state index in [0.717, 1.165) is 19.5 Å². The van der Waals surface area contributed by atoms with Crippen molar-refractivity contribution in [2.24, 2.45) is 0 Å². The van der Waals surface area contributed by atoms with E-state index in [2.05, 4.69) is 55.3 Å². The first kappa shape index (κ1) is 12.4. The number of nitrogens with zero attached hydrogens (tertiary/aromatic N) is 1. The van der Waals surface area contributed by atoms with Gasteiger partial charge in [0, 0.05) is 30.9 Å². The van der Waals surface area contributed by atoms with Crippen molar-refractivity contribution >= 4 is 5.69 Å². The molecule has 0 radical (unpaired) electrons. The van der Waals surface area contributed by atoms with Crippen LogP contribution in [0.2, 0.25) is 0 Å². The zero-order chi connectivity index (χ0) is 12.3. The number of para-hydroxylation sites is 1. The Hall–Kier alpha value is -1.02. The molecule has 2 atom stereocenters. The Morgan fingerprint density at radius 2 is 2.00 bits per heavy atom. The third kappa shape index (κ3) is 3.01. The van der Waals surface area contributed by atoms with E-state index in [4.69, 9.17) is 0 Å². The summed E-state index contributed by atoms with van der Waals surface area (Å²) in [5, 5.41) is 3.64. The fourth-order valence-electron chi connectivity index (χ4n) is 2.73. The molecule has 1 fully saturated rings. The molecule has 94 valence electrons. The number of hydrogen-bond acceptors (Lipinski definition) is 2. The topological polar surface area (TPSA) is 15.3 Å². The Balaban J connectivity index is 2.20. The van der Waals surface area contributed by atoms with Crippen LogP contribution in [-0.4, -0.2) is 25.2 Å². The highest BCUT2D eigenvalue weighted by Crippen LogP contribution is 2.22. The molecule has 2 rings (SSSR count). The van der Waals surface area contributed by atoms with Crippen LogP contribution in [0.25, 0.3) is 0 Å². The summed E-state index contributed by atoms with van der Waals surface area (Å²) in [5.41, 5.74) is 2.90. The second-order valence-corrected chi connectivity index (χ2v) is 5.19. The summed E-state index contributed by atoms with van der Waals surface area (Å²) in [4.78, 5) is 2.54. The summed E-state index contributed by atoms with van der Waals surface area (Å²) in [5.74, 6) is 0. The van der Waals surface area contributed by atoms with Crippen LogP contribution in [0.15, 0.2) is 24.3 Å². The van der Waals surface area contributed by atoms with Crippen LogP contribution in [0.5, 0.6) is 0 Å². The molecular weight excluding hydrogens is 208 g/mol. The minimum atomic E-state index is 0.567. The van der Waals surface area contributed by atoms with E-state index in [1.165, 1.54) is 17.7 Å². The molecular formula is C15H24N2. The van der Waals surface area contributed by atoms with E-state index in [1.54, 1.807) is 0 Å². The van der Waals surface area contributed by atoms with Crippen LogP contribution >= 0.6 is 0 Å². The molecule has 2 nitrogen and oxygen atoms in total. The summed E-state index contributed by atoms with van der Waals surface area (Å²) in [6, 6.07) is 10.0. The zero-order valence-corrected chi connectivity index (χ0v) is 11.2. The Kier molecular flexibility index (Phi) is 4.06. The summed E-state index contributed by atoms with van der Waals surface area (Å²) < 4.78 is 0. The van der Waals surface area contributed by atoms with Crippen LogP contribution in [0.3, 0.4) is 0 Å². The van der Waals surface area contributed by atoms with Crippen molar-refractivity contribution in [1.29, 1.82) is 0 Å². The van der Waals surface area contributed by atoms with Gasteiger partial charge in [-0.15, -0.1) is 0 Å². The standard InChI is InChI=1S/C15H24N2/c1-4-14-7-5-6-8-15(14)17-10-9-12(2)16-13(3)11-17/h5-8,12-13,16H,4,9-11H2,1-3H3. The molecule has 0 bridgehead atoms. The molecule has 0 aliphatic carbocycles. The quantitative estimate of drug-likeness (QED) is 0.843. The van der Waals surface area contributed by atoms with Gasteiger partial charge in [-0.1, -0.05) is 25.1 Å². The Labute approximate surface area is 105 Å². The van der Waals surface area contributed by atoms with Gasteiger partial charge in [0.1, 0.15) is 0 Å². The molecule has 1 saturated heterocycles. The Morgan fingerprint density at radius 1 is 1.24 bits per heavy atom. The third-order valence-corrected chi connectivity index (χ3v) is 3.61. The summed E-state index contributed by atoms with van der Waals surface area (Å²) in [6.07, 6.45) is 2.34. The molecule has 0 aromatic heterocycles. The molecule has 0 saturated carbocycles. The zero-order valence-electron chi connectivity index (χ0n) is 11.2. The van der Waals surface area contributed by atoms with Gasteiger partial charge in [0.25, 0.3) is 0 Å². The molecule has 0 spiro atoms. The van der Waals surface area contributed by atoms with Gasteiger partial charge in [-0.25, -0.2) is 0 Å². The number of rotatable bonds is 2. The van der Waals surface area contributed by atoms with Gasteiger partial charge < -0.3 is 10.2 Å². The predicted octanol–water partition coefficient (Wildman–Crippen LogP) is 2.83. The maximum atomic E-state index is 3.64. The van der Waals surface area contributed by atoms with E-state index in [1.807, 2.05) is 0 Å². The summed E-state index contributed by atoms with van der Waals surface area (Å²) >= 11 is 0. The first-order chi connectivity index (χ1) is 8.20. The first-order valence-electron chi connectivity index (χ1n) is 6.79. The van der Waals surface area contributed by atoms with Gasteiger partial charge in [0.05, 0.1) is 0 Å². The summed E-state index contributed by atoms with van der Waals surface area (Å²) in [7, 11) is 0. The minimum Gasteiger partial charge on any atom is -0.370 e. The third-order valence-electron chi connectivity index (χ3n) is 3.61. The van der Waals surface area contributed by atoms with Crippen LogP contribution in [0.4, 0.5) is 5.69 Å². The molecule has 1 aliphatic rings. The lowest BCUT2D eigenvalue weighted by molar-refractivity contribution is 0.492. The van der Waals surface area contributed by atoms with Crippen molar-refractivity contribution in [1.82, 2.24) is 5.32 Å². The predicted molar refractivity (Wildman–Crippen MR) is 74.7 cm³/mol. The molecule has 2 unspecified atom stereocenters. The number of aryl methyl sites for hydroxylation is 1. The number of hydrogen-bond donors (Lipinski definition) is 1. The van der Waals surface area contributed by atoms with Gasteiger partial charge in [-0.05, 0) is 38.3 Å². The highest BCUT2D eigenvalue weighted by Gasteiger charge is 2.19. The van der Waals surface area contributed by atoms with E-state index in [9.17, 15) is 0 Å². The molecule has 1 N–H and O–H groups in total. The second kappa shape index (κ2) is 5.54. The van der Waals surface area contributed by atoms with E-state index in [0.29, 0.717) is 12.1 Å². The van der Waals surface area contributed by atoms with Crippen molar-refractivity contribution in [2.45, 2.75) is 45.7 Å². The van der Waals surface area contributed by atoms with Gasteiger partial charge >= 0.3 is 0 Å². The smallest absolute Gasteiger partial charge is 0.0399 e. The van der Waals surface area contributed by atoms with Crippen LogP contribution in [0, 0.1) is 0 Å². The number of nitrogens with one attached hydrogen (secondary N) is 1. The highest BCUT2D eigenvalue weighted by molar-refractivity contribution is 5.54. The number of benzene rings is 1. The molecule has 1 aromatic carbocycles. The van der Waals surface area contributed by atoms with Crippen molar-refractivity contribution in [3.8, 4) is 0 Å². The van der Waals surface area contributed by atoms with Gasteiger partial charge in [-0.2, -0.15) is 0 Å². The Morgan fingerprint density at radius 3 is 2.76 bits per heavy atom. The molecule has 1 aliphatic heterocycles. The van der Waals surface area contributed by atoms with E-state index >= 15 is 0 Å². The van der Waals surface area contributed by atoms with Gasteiger partial charge in [0.15, 0.2) is 0 Å². The van der Waals surface area contributed by atoms with Crippen molar-refractivity contribution in [3.63, 3.8) is 0 Å². The van der Waals surface area contributed by atoms with Crippen molar-refractivity contribution < 1.29 is 0 Å². The molecule has 0 amide bonds. The lowest BCUT2D eigenvalue weighted by Gasteiger charge is -2.27. The normalized spacial score (nSPS) is 25.7. The van der Waals surface area contributed by atoms with Gasteiger partial charge in [0.2, 0.25) is 0 Å². The average Bonchev–Trinajstić information content (AvgIpc) is 2.50. The largest absolute Gasteiger partial charge is 0.370 e.